The summed E-state index contributed by atoms with van der Waals surface area (Å²) < 4.78 is 29.3. The normalized spacial score (nSPS) is 14.8. The topological polar surface area (TPSA) is 86.5 Å². The van der Waals surface area contributed by atoms with Crippen molar-refractivity contribution < 1.29 is 8.78 Å². The number of nitrogens with zero attached hydrogens (tertiary/aromatic N) is 7. The fourth-order valence-electron chi connectivity index (χ4n) is 3.75. The number of guanidine groups is 1. The Balaban J connectivity index is 1.34. The number of aromatic nitrogens is 4. The fraction of sp³-hybridized carbons (Fsp3) is 0.429. The summed E-state index contributed by atoms with van der Waals surface area (Å²) in [5.41, 5.74) is 1.08. The third kappa shape index (κ3) is 4.71. The summed E-state index contributed by atoms with van der Waals surface area (Å²) >= 11 is 0. The zero-order valence-corrected chi connectivity index (χ0v) is 18.2. The van der Waals surface area contributed by atoms with Gasteiger partial charge in [-0.05, 0) is 19.1 Å². The van der Waals surface area contributed by atoms with Gasteiger partial charge in [0.2, 0.25) is 0 Å². The molecule has 32 heavy (non-hydrogen) atoms. The Kier molecular flexibility index (Phi) is 6.62. The number of nitrogens with one attached hydrogen (secondary N) is 2. The van der Waals surface area contributed by atoms with Gasteiger partial charge in [-0.15, -0.1) is 0 Å². The highest BCUT2D eigenvalue weighted by molar-refractivity contribution is 5.86. The second-order valence-electron chi connectivity index (χ2n) is 7.46. The molecule has 1 aromatic carbocycles. The van der Waals surface area contributed by atoms with Gasteiger partial charge in [0.25, 0.3) is 0 Å². The number of hydrogen-bond donors (Lipinski definition) is 2. The fourth-order valence-corrected chi connectivity index (χ4v) is 3.75. The standard InChI is InChI=1S/C21H27F2N9/c1-3-24-21(26-7-6-25-19-16-13-29-30(2)20(16)28-14-27-19)32-10-8-31(9-11-32)18-12-15(22)4-5-17(18)23/h4-5,12-14H,3,6-11H2,1-2H3,(H,24,26)(H,25,27,28). The van der Waals surface area contributed by atoms with Crippen molar-refractivity contribution in [1.82, 2.24) is 30.0 Å². The van der Waals surface area contributed by atoms with Gasteiger partial charge in [-0.1, -0.05) is 0 Å². The van der Waals surface area contributed by atoms with Crippen molar-refractivity contribution in [3.8, 4) is 0 Å². The van der Waals surface area contributed by atoms with Gasteiger partial charge in [0, 0.05) is 52.4 Å². The average Bonchev–Trinajstić information content (AvgIpc) is 3.19. The highest BCUT2D eigenvalue weighted by atomic mass is 19.1. The minimum absolute atomic E-state index is 0.308. The number of halogens is 2. The molecule has 0 spiro atoms. The molecule has 9 nitrogen and oxygen atoms in total. The van der Waals surface area contributed by atoms with Crippen molar-refractivity contribution in [2.45, 2.75) is 6.92 Å². The summed E-state index contributed by atoms with van der Waals surface area (Å²) in [6, 6.07) is 3.56. The molecule has 1 aliphatic rings. The van der Waals surface area contributed by atoms with E-state index in [4.69, 9.17) is 4.99 Å². The summed E-state index contributed by atoms with van der Waals surface area (Å²) in [6.07, 6.45) is 3.26. The first-order valence-electron chi connectivity index (χ1n) is 10.7. The van der Waals surface area contributed by atoms with Crippen LogP contribution in [0.15, 0.2) is 35.7 Å². The van der Waals surface area contributed by atoms with Gasteiger partial charge >= 0.3 is 0 Å². The Bertz CT molecular complexity index is 1090. The molecule has 2 aromatic heterocycles. The highest BCUT2D eigenvalue weighted by Gasteiger charge is 2.22. The van der Waals surface area contributed by atoms with Crippen LogP contribution in [0.25, 0.3) is 11.0 Å². The van der Waals surface area contributed by atoms with E-state index in [0.29, 0.717) is 45.0 Å². The molecule has 3 aromatic rings. The molecule has 3 heterocycles. The SMILES string of the molecule is CCNC(=NCCNc1ncnc2c1cnn2C)N1CCN(c2cc(F)ccc2F)CC1. The molecule has 11 heteroatoms. The molecule has 0 bridgehead atoms. The van der Waals surface area contributed by atoms with Gasteiger partial charge in [0.05, 0.1) is 23.8 Å². The van der Waals surface area contributed by atoms with Gasteiger partial charge in [0.15, 0.2) is 11.6 Å². The molecule has 170 valence electrons. The van der Waals surface area contributed by atoms with Crippen LogP contribution >= 0.6 is 0 Å². The van der Waals surface area contributed by atoms with E-state index in [-0.39, 0.29) is 0 Å². The maximum Gasteiger partial charge on any atom is 0.194 e. The van der Waals surface area contributed by atoms with E-state index < -0.39 is 11.6 Å². The zero-order valence-electron chi connectivity index (χ0n) is 18.2. The number of anilines is 2. The third-order valence-corrected chi connectivity index (χ3v) is 5.36. The van der Waals surface area contributed by atoms with Crippen molar-refractivity contribution in [1.29, 1.82) is 0 Å². The summed E-state index contributed by atoms with van der Waals surface area (Å²) in [5.74, 6) is 0.703. The third-order valence-electron chi connectivity index (χ3n) is 5.36. The molecule has 0 atom stereocenters. The Hall–Kier alpha value is -3.50. The predicted octanol–water partition coefficient (Wildman–Crippen LogP) is 1.84. The Morgan fingerprint density at radius 3 is 2.75 bits per heavy atom. The lowest BCUT2D eigenvalue weighted by Gasteiger charge is -2.37. The van der Waals surface area contributed by atoms with Crippen LogP contribution in [0.5, 0.6) is 0 Å². The molecule has 4 rings (SSSR count). The molecule has 1 aliphatic heterocycles. The minimum Gasteiger partial charge on any atom is -0.367 e. The number of benzene rings is 1. The first-order chi connectivity index (χ1) is 15.6. The second-order valence-corrected chi connectivity index (χ2v) is 7.46. The Labute approximate surface area is 185 Å². The quantitative estimate of drug-likeness (QED) is 0.342. The number of fused-ring (bicyclic) bond motifs is 1. The molecular weight excluding hydrogens is 416 g/mol. The highest BCUT2D eigenvalue weighted by Crippen LogP contribution is 2.22. The van der Waals surface area contributed by atoms with E-state index in [1.165, 1.54) is 18.5 Å². The van der Waals surface area contributed by atoms with Gasteiger partial charge in [0.1, 0.15) is 23.8 Å². The van der Waals surface area contributed by atoms with Crippen molar-refractivity contribution >= 4 is 28.5 Å². The number of hydrogen-bond acceptors (Lipinski definition) is 6. The first kappa shape index (κ1) is 21.7. The zero-order chi connectivity index (χ0) is 22.5. The molecule has 0 aliphatic carbocycles. The lowest BCUT2D eigenvalue weighted by molar-refractivity contribution is 0.370. The number of aliphatic imine (C=N–C) groups is 1. The summed E-state index contributed by atoms with van der Waals surface area (Å²) in [6.45, 7) is 6.41. The number of aryl methyl sites for hydroxylation is 1. The number of rotatable bonds is 6. The van der Waals surface area contributed by atoms with E-state index in [1.54, 1.807) is 10.9 Å². The second kappa shape index (κ2) is 9.75. The van der Waals surface area contributed by atoms with E-state index >= 15 is 0 Å². The molecule has 0 amide bonds. The van der Waals surface area contributed by atoms with Crippen LogP contribution in [0.2, 0.25) is 0 Å². The van der Waals surface area contributed by atoms with Crippen molar-refractivity contribution in [3.63, 3.8) is 0 Å². The summed E-state index contributed by atoms with van der Waals surface area (Å²) in [4.78, 5) is 17.3. The Morgan fingerprint density at radius 2 is 1.97 bits per heavy atom. The predicted molar refractivity (Wildman–Crippen MR) is 121 cm³/mol. The smallest absolute Gasteiger partial charge is 0.194 e. The van der Waals surface area contributed by atoms with E-state index in [9.17, 15) is 8.78 Å². The lowest BCUT2D eigenvalue weighted by atomic mass is 10.2. The average molecular weight is 444 g/mol. The molecule has 1 saturated heterocycles. The minimum atomic E-state index is -0.432. The van der Waals surface area contributed by atoms with E-state index in [2.05, 4.69) is 30.6 Å². The van der Waals surface area contributed by atoms with Crippen LogP contribution in [-0.4, -0.2) is 76.4 Å². The molecular formula is C21H27F2N9. The van der Waals surface area contributed by atoms with Crippen LogP contribution in [0.4, 0.5) is 20.3 Å². The lowest BCUT2D eigenvalue weighted by Crippen LogP contribution is -2.52. The largest absolute Gasteiger partial charge is 0.367 e. The molecule has 0 saturated carbocycles. The van der Waals surface area contributed by atoms with Gasteiger partial charge in [-0.2, -0.15) is 5.10 Å². The molecule has 0 unspecified atom stereocenters. The number of piperazine rings is 1. The first-order valence-corrected chi connectivity index (χ1v) is 10.7. The van der Waals surface area contributed by atoms with Crippen LogP contribution in [-0.2, 0) is 7.05 Å². The van der Waals surface area contributed by atoms with Crippen molar-refractivity contribution in [2.75, 3.05) is 56.0 Å². The van der Waals surface area contributed by atoms with Crippen molar-refractivity contribution in [3.05, 3.63) is 42.4 Å². The summed E-state index contributed by atoms with van der Waals surface area (Å²) in [5, 5.41) is 11.7. The van der Waals surface area contributed by atoms with Crippen LogP contribution < -0.4 is 15.5 Å². The molecule has 1 fully saturated rings. The van der Waals surface area contributed by atoms with E-state index in [0.717, 1.165) is 35.4 Å². The van der Waals surface area contributed by atoms with Crippen LogP contribution in [0, 0.1) is 11.6 Å². The van der Waals surface area contributed by atoms with Gasteiger partial charge in [-0.25, -0.2) is 18.7 Å². The van der Waals surface area contributed by atoms with Crippen LogP contribution in [0.3, 0.4) is 0 Å². The maximum absolute atomic E-state index is 14.1. The van der Waals surface area contributed by atoms with Gasteiger partial charge < -0.3 is 20.4 Å². The summed E-state index contributed by atoms with van der Waals surface area (Å²) in [7, 11) is 1.84. The van der Waals surface area contributed by atoms with Gasteiger partial charge in [-0.3, -0.25) is 9.67 Å². The maximum atomic E-state index is 14.1. The molecule has 2 N–H and O–H groups in total. The Morgan fingerprint density at radius 1 is 1.16 bits per heavy atom. The monoisotopic (exact) mass is 443 g/mol. The van der Waals surface area contributed by atoms with Crippen molar-refractivity contribution in [2.24, 2.45) is 12.0 Å². The molecule has 0 radical (unpaired) electrons. The van der Waals surface area contributed by atoms with Crippen LogP contribution in [0.1, 0.15) is 6.92 Å². The van der Waals surface area contributed by atoms with E-state index in [1.807, 2.05) is 18.9 Å².